The molecule has 7 nitrogen and oxygen atoms in total. The molecule has 0 aliphatic carbocycles. The highest BCUT2D eigenvalue weighted by Gasteiger charge is 2.24. The summed E-state index contributed by atoms with van der Waals surface area (Å²) in [5.74, 6) is -0.641. The standard InChI is InChI=1S/C18H17N3O4/c1-3-13(17(22)21-15-9-4-6-11(2)20-15)25-18(23)12-7-5-8-14-16(12)19-10-24-14/h4-10,13H,3H2,1-2H3,(H,20,21,22). The highest BCUT2D eigenvalue weighted by molar-refractivity contribution is 6.03. The Bertz CT molecular complexity index is 919. The molecule has 1 unspecified atom stereocenters. The van der Waals surface area contributed by atoms with Gasteiger partial charge in [0.15, 0.2) is 18.1 Å². The van der Waals surface area contributed by atoms with Crippen molar-refractivity contribution in [1.82, 2.24) is 9.97 Å². The van der Waals surface area contributed by atoms with E-state index in [1.54, 1.807) is 37.3 Å². The van der Waals surface area contributed by atoms with Gasteiger partial charge in [-0.2, -0.15) is 0 Å². The molecular formula is C18H17N3O4. The van der Waals surface area contributed by atoms with E-state index in [0.29, 0.717) is 23.3 Å². The van der Waals surface area contributed by atoms with Crippen molar-refractivity contribution in [2.75, 3.05) is 5.32 Å². The topological polar surface area (TPSA) is 94.3 Å². The zero-order valence-electron chi connectivity index (χ0n) is 13.9. The summed E-state index contributed by atoms with van der Waals surface area (Å²) in [6, 6.07) is 10.2. The van der Waals surface area contributed by atoms with Crippen LogP contribution in [0.15, 0.2) is 47.2 Å². The molecule has 3 rings (SSSR count). The van der Waals surface area contributed by atoms with Crippen LogP contribution >= 0.6 is 0 Å². The summed E-state index contributed by atoms with van der Waals surface area (Å²) < 4.78 is 10.5. The van der Waals surface area contributed by atoms with Crippen LogP contribution < -0.4 is 5.32 Å². The number of aromatic nitrogens is 2. The van der Waals surface area contributed by atoms with Crippen LogP contribution in [-0.2, 0) is 9.53 Å². The molecule has 1 atom stereocenters. The number of benzene rings is 1. The van der Waals surface area contributed by atoms with Gasteiger partial charge in [-0.15, -0.1) is 0 Å². The molecule has 0 aliphatic rings. The van der Waals surface area contributed by atoms with E-state index in [1.807, 2.05) is 13.0 Å². The minimum Gasteiger partial charge on any atom is -0.449 e. The number of amides is 1. The summed E-state index contributed by atoms with van der Waals surface area (Å²) in [7, 11) is 0. The fraction of sp³-hybridized carbons (Fsp3) is 0.222. The van der Waals surface area contributed by atoms with Crippen molar-refractivity contribution in [3.63, 3.8) is 0 Å². The quantitative estimate of drug-likeness (QED) is 0.718. The molecule has 0 spiro atoms. The van der Waals surface area contributed by atoms with Crippen molar-refractivity contribution in [2.45, 2.75) is 26.4 Å². The number of fused-ring (bicyclic) bond motifs is 1. The molecule has 2 aromatic heterocycles. The number of anilines is 1. The molecule has 1 N–H and O–H groups in total. The number of esters is 1. The third-order valence-corrected chi connectivity index (χ3v) is 3.63. The molecule has 1 aromatic carbocycles. The van der Waals surface area contributed by atoms with Gasteiger partial charge in [0.25, 0.3) is 5.91 Å². The number of carbonyl (C=O) groups is 2. The zero-order chi connectivity index (χ0) is 17.8. The molecule has 0 radical (unpaired) electrons. The van der Waals surface area contributed by atoms with Crippen LogP contribution in [0.5, 0.6) is 0 Å². The Morgan fingerprint density at radius 3 is 2.80 bits per heavy atom. The maximum absolute atomic E-state index is 12.4. The Balaban J connectivity index is 1.74. The Kier molecular flexibility index (Phi) is 4.74. The summed E-state index contributed by atoms with van der Waals surface area (Å²) in [5.41, 5.74) is 1.92. The lowest BCUT2D eigenvalue weighted by Crippen LogP contribution is -2.32. The van der Waals surface area contributed by atoms with Gasteiger partial charge in [0.1, 0.15) is 11.3 Å². The second kappa shape index (κ2) is 7.12. The van der Waals surface area contributed by atoms with E-state index in [9.17, 15) is 9.59 Å². The first-order chi connectivity index (χ1) is 12.1. The summed E-state index contributed by atoms with van der Waals surface area (Å²) in [6.45, 7) is 3.59. The first-order valence-electron chi connectivity index (χ1n) is 7.86. The predicted octanol–water partition coefficient (Wildman–Crippen LogP) is 3.11. The number of carbonyl (C=O) groups excluding carboxylic acids is 2. The molecule has 0 bridgehead atoms. The number of ether oxygens (including phenoxy) is 1. The predicted molar refractivity (Wildman–Crippen MR) is 91.1 cm³/mol. The largest absolute Gasteiger partial charge is 0.449 e. The Morgan fingerprint density at radius 2 is 2.04 bits per heavy atom. The van der Waals surface area contributed by atoms with Crippen LogP contribution in [0.1, 0.15) is 29.4 Å². The number of hydrogen-bond acceptors (Lipinski definition) is 6. The average Bonchev–Trinajstić information content (AvgIpc) is 3.08. The maximum Gasteiger partial charge on any atom is 0.341 e. The van der Waals surface area contributed by atoms with E-state index in [0.717, 1.165) is 5.69 Å². The first kappa shape index (κ1) is 16.6. The van der Waals surface area contributed by atoms with Crippen molar-refractivity contribution in [1.29, 1.82) is 0 Å². The van der Waals surface area contributed by atoms with E-state index in [1.165, 1.54) is 6.39 Å². The summed E-state index contributed by atoms with van der Waals surface area (Å²) in [6.07, 6.45) is 0.657. The highest BCUT2D eigenvalue weighted by Crippen LogP contribution is 2.19. The summed E-state index contributed by atoms with van der Waals surface area (Å²) >= 11 is 0. The molecule has 2 heterocycles. The molecule has 0 saturated carbocycles. The van der Waals surface area contributed by atoms with Crippen molar-refractivity contribution in [3.8, 4) is 0 Å². The van der Waals surface area contributed by atoms with Gasteiger partial charge in [0, 0.05) is 5.69 Å². The fourth-order valence-corrected chi connectivity index (χ4v) is 2.39. The lowest BCUT2D eigenvalue weighted by atomic mass is 10.2. The first-order valence-corrected chi connectivity index (χ1v) is 7.86. The molecule has 0 fully saturated rings. The zero-order valence-corrected chi connectivity index (χ0v) is 13.9. The second-order valence-corrected chi connectivity index (χ2v) is 5.46. The lowest BCUT2D eigenvalue weighted by molar-refractivity contribution is -0.124. The molecular weight excluding hydrogens is 322 g/mol. The van der Waals surface area contributed by atoms with Crippen LogP contribution in [0.2, 0.25) is 0 Å². The van der Waals surface area contributed by atoms with Crippen LogP contribution in [0.25, 0.3) is 11.1 Å². The lowest BCUT2D eigenvalue weighted by Gasteiger charge is -2.16. The number of aryl methyl sites for hydroxylation is 1. The number of nitrogens with one attached hydrogen (secondary N) is 1. The van der Waals surface area contributed by atoms with E-state index >= 15 is 0 Å². The van der Waals surface area contributed by atoms with Gasteiger partial charge in [-0.05, 0) is 37.6 Å². The summed E-state index contributed by atoms with van der Waals surface area (Å²) in [5, 5.41) is 2.66. The van der Waals surface area contributed by atoms with Crippen LogP contribution in [0, 0.1) is 6.92 Å². The number of nitrogens with zero attached hydrogens (tertiary/aromatic N) is 2. The Morgan fingerprint density at radius 1 is 1.24 bits per heavy atom. The van der Waals surface area contributed by atoms with Gasteiger partial charge < -0.3 is 14.5 Å². The van der Waals surface area contributed by atoms with Crippen molar-refractivity contribution in [2.24, 2.45) is 0 Å². The number of hydrogen-bond donors (Lipinski definition) is 1. The molecule has 7 heteroatoms. The molecule has 3 aromatic rings. The van der Waals surface area contributed by atoms with Crippen LogP contribution in [0.4, 0.5) is 5.82 Å². The van der Waals surface area contributed by atoms with Crippen molar-refractivity contribution in [3.05, 3.63) is 54.0 Å². The fourth-order valence-electron chi connectivity index (χ4n) is 2.39. The molecule has 128 valence electrons. The van der Waals surface area contributed by atoms with Gasteiger partial charge in [0.2, 0.25) is 0 Å². The van der Waals surface area contributed by atoms with Gasteiger partial charge in [0.05, 0.1) is 5.56 Å². The van der Waals surface area contributed by atoms with Gasteiger partial charge in [-0.25, -0.2) is 14.8 Å². The SMILES string of the molecule is CCC(OC(=O)c1cccc2ocnc12)C(=O)Nc1cccc(C)n1. The van der Waals surface area contributed by atoms with Gasteiger partial charge in [-0.1, -0.05) is 19.1 Å². The monoisotopic (exact) mass is 339 g/mol. The van der Waals surface area contributed by atoms with Crippen LogP contribution in [-0.4, -0.2) is 27.9 Å². The van der Waals surface area contributed by atoms with Crippen LogP contribution in [0.3, 0.4) is 0 Å². The van der Waals surface area contributed by atoms with E-state index < -0.39 is 18.0 Å². The average molecular weight is 339 g/mol. The van der Waals surface area contributed by atoms with E-state index in [4.69, 9.17) is 9.15 Å². The Hall–Kier alpha value is -3.22. The Labute approximate surface area is 144 Å². The molecule has 25 heavy (non-hydrogen) atoms. The number of para-hydroxylation sites is 1. The number of pyridine rings is 1. The third kappa shape index (κ3) is 3.65. The van der Waals surface area contributed by atoms with Gasteiger partial charge in [-0.3, -0.25) is 4.79 Å². The molecule has 0 aliphatic heterocycles. The minimum atomic E-state index is -0.933. The summed E-state index contributed by atoms with van der Waals surface area (Å²) in [4.78, 5) is 33.0. The van der Waals surface area contributed by atoms with E-state index in [2.05, 4.69) is 15.3 Å². The molecule has 0 saturated heterocycles. The second-order valence-electron chi connectivity index (χ2n) is 5.46. The normalized spacial score (nSPS) is 11.9. The molecule has 1 amide bonds. The number of rotatable bonds is 5. The number of oxazole rings is 1. The smallest absolute Gasteiger partial charge is 0.341 e. The van der Waals surface area contributed by atoms with Gasteiger partial charge >= 0.3 is 5.97 Å². The maximum atomic E-state index is 12.4. The highest BCUT2D eigenvalue weighted by atomic mass is 16.5. The van der Waals surface area contributed by atoms with Crippen molar-refractivity contribution < 1.29 is 18.7 Å². The third-order valence-electron chi connectivity index (χ3n) is 3.63. The minimum absolute atomic E-state index is 0.256. The van der Waals surface area contributed by atoms with Crippen molar-refractivity contribution >= 4 is 28.8 Å². The van der Waals surface area contributed by atoms with E-state index in [-0.39, 0.29) is 5.56 Å².